The Morgan fingerprint density at radius 2 is 1.93 bits per heavy atom. The summed E-state index contributed by atoms with van der Waals surface area (Å²) in [6.45, 7) is 3.88. The van der Waals surface area contributed by atoms with E-state index in [1.165, 1.54) is 30.5 Å². The molecular formula is C20H17ClN4O3. The van der Waals surface area contributed by atoms with Crippen LogP contribution in [0.3, 0.4) is 0 Å². The molecule has 0 aliphatic heterocycles. The Labute approximate surface area is 166 Å². The summed E-state index contributed by atoms with van der Waals surface area (Å²) in [6.07, 6.45) is 1.53. The van der Waals surface area contributed by atoms with Crippen molar-refractivity contribution in [1.82, 2.24) is 9.99 Å². The zero-order valence-electron chi connectivity index (χ0n) is 15.2. The van der Waals surface area contributed by atoms with Gasteiger partial charge in [0.1, 0.15) is 0 Å². The molecule has 1 N–H and O–H groups in total. The number of aromatic nitrogens is 1. The van der Waals surface area contributed by atoms with Crippen molar-refractivity contribution >= 4 is 29.4 Å². The molecule has 1 amide bonds. The molecule has 8 heteroatoms. The van der Waals surface area contributed by atoms with Gasteiger partial charge in [-0.05, 0) is 38.1 Å². The van der Waals surface area contributed by atoms with Crippen LogP contribution in [0.1, 0.15) is 27.3 Å². The highest BCUT2D eigenvalue weighted by Crippen LogP contribution is 2.25. The van der Waals surface area contributed by atoms with Crippen LogP contribution < -0.4 is 5.43 Å². The lowest BCUT2D eigenvalue weighted by molar-refractivity contribution is -0.384. The number of amides is 1. The highest BCUT2D eigenvalue weighted by molar-refractivity contribution is 6.32. The van der Waals surface area contributed by atoms with Crippen molar-refractivity contribution in [3.8, 4) is 5.69 Å². The zero-order chi connectivity index (χ0) is 20.3. The molecule has 0 unspecified atom stereocenters. The number of carbonyl (C=O) groups excluding carboxylic acids is 1. The first-order valence-electron chi connectivity index (χ1n) is 8.40. The molecule has 0 aliphatic rings. The molecule has 0 spiro atoms. The second-order valence-electron chi connectivity index (χ2n) is 6.12. The van der Waals surface area contributed by atoms with Gasteiger partial charge in [0.2, 0.25) is 0 Å². The maximum atomic E-state index is 12.2. The molecule has 7 nitrogen and oxygen atoms in total. The summed E-state index contributed by atoms with van der Waals surface area (Å²) < 4.78 is 2.01. The van der Waals surface area contributed by atoms with Crippen LogP contribution in [-0.2, 0) is 0 Å². The second-order valence-corrected chi connectivity index (χ2v) is 6.53. The van der Waals surface area contributed by atoms with Gasteiger partial charge in [-0.25, -0.2) is 5.43 Å². The lowest BCUT2D eigenvalue weighted by atomic mass is 10.2. The van der Waals surface area contributed by atoms with Crippen LogP contribution in [-0.4, -0.2) is 21.6 Å². The molecule has 3 rings (SSSR count). The third kappa shape index (κ3) is 3.94. The summed E-state index contributed by atoms with van der Waals surface area (Å²) in [4.78, 5) is 22.4. The number of nitrogens with zero attached hydrogens (tertiary/aromatic N) is 3. The predicted octanol–water partition coefficient (Wildman–Crippen LogP) is 4.42. The van der Waals surface area contributed by atoms with E-state index < -0.39 is 10.8 Å². The average molecular weight is 397 g/mol. The minimum absolute atomic E-state index is 0.153. The lowest BCUT2D eigenvalue weighted by Crippen LogP contribution is -2.17. The van der Waals surface area contributed by atoms with Gasteiger partial charge < -0.3 is 4.57 Å². The first kappa shape index (κ1) is 19.3. The fourth-order valence-corrected chi connectivity index (χ4v) is 3.13. The number of nitrogens with one attached hydrogen (secondary N) is 1. The van der Waals surface area contributed by atoms with E-state index in [0.717, 1.165) is 22.6 Å². The van der Waals surface area contributed by atoms with Crippen LogP contribution in [0.4, 0.5) is 5.69 Å². The highest BCUT2D eigenvalue weighted by Gasteiger charge is 2.13. The average Bonchev–Trinajstić information content (AvgIpc) is 2.96. The summed E-state index contributed by atoms with van der Waals surface area (Å²) in [5.74, 6) is -0.528. The molecule has 0 bridgehead atoms. The van der Waals surface area contributed by atoms with E-state index in [1.54, 1.807) is 0 Å². The number of carbonyl (C=O) groups is 1. The van der Waals surface area contributed by atoms with E-state index >= 15 is 0 Å². The van der Waals surface area contributed by atoms with Crippen molar-refractivity contribution in [2.45, 2.75) is 13.8 Å². The molecule has 0 saturated carbocycles. The van der Waals surface area contributed by atoms with Crippen molar-refractivity contribution in [3.63, 3.8) is 0 Å². The van der Waals surface area contributed by atoms with E-state index in [1.807, 2.05) is 48.7 Å². The third-order valence-corrected chi connectivity index (χ3v) is 4.57. The molecule has 0 aliphatic carbocycles. The molecule has 3 aromatic rings. The second kappa shape index (κ2) is 8.06. The molecule has 0 fully saturated rings. The smallest absolute Gasteiger partial charge is 0.271 e. The number of hydrazone groups is 1. The molecule has 0 saturated heterocycles. The first-order chi connectivity index (χ1) is 13.4. The van der Waals surface area contributed by atoms with Crippen LogP contribution in [0.5, 0.6) is 0 Å². The molecule has 142 valence electrons. The predicted molar refractivity (Wildman–Crippen MR) is 108 cm³/mol. The number of benzene rings is 2. The quantitative estimate of drug-likeness (QED) is 0.393. The number of non-ortho nitro benzene ring substituents is 1. The minimum atomic E-state index is -0.552. The minimum Gasteiger partial charge on any atom is -0.316 e. The van der Waals surface area contributed by atoms with Crippen molar-refractivity contribution in [2.24, 2.45) is 5.10 Å². The summed E-state index contributed by atoms with van der Waals surface area (Å²) in [5.41, 5.74) is 5.96. The van der Waals surface area contributed by atoms with Gasteiger partial charge in [-0.3, -0.25) is 14.9 Å². The van der Waals surface area contributed by atoms with Crippen LogP contribution in [0.2, 0.25) is 5.02 Å². The van der Waals surface area contributed by atoms with E-state index in [2.05, 4.69) is 10.5 Å². The Hall–Kier alpha value is -3.45. The monoisotopic (exact) mass is 396 g/mol. The molecule has 0 atom stereocenters. The number of aryl methyl sites for hydroxylation is 1. The topological polar surface area (TPSA) is 89.5 Å². The summed E-state index contributed by atoms with van der Waals surface area (Å²) in [7, 11) is 0. The van der Waals surface area contributed by atoms with E-state index in [0.29, 0.717) is 5.02 Å². The lowest BCUT2D eigenvalue weighted by Gasteiger charge is -2.11. The molecular weight excluding hydrogens is 380 g/mol. The fraction of sp³-hybridized carbons (Fsp3) is 0.100. The third-order valence-electron chi connectivity index (χ3n) is 4.25. The Morgan fingerprint density at radius 1 is 1.18 bits per heavy atom. The van der Waals surface area contributed by atoms with Gasteiger partial charge in [0.05, 0.1) is 21.8 Å². The largest absolute Gasteiger partial charge is 0.316 e. The summed E-state index contributed by atoms with van der Waals surface area (Å²) in [5, 5.41) is 15.4. The van der Waals surface area contributed by atoms with Crippen molar-refractivity contribution < 1.29 is 9.72 Å². The van der Waals surface area contributed by atoms with Gasteiger partial charge in [0.25, 0.3) is 11.6 Å². The highest BCUT2D eigenvalue weighted by atomic mass is 35.5. The standard InChI is InChI=1S/C20H17ClN4O3/c1-13-10-16(14(2)24(13)19-9-4-3-8-18(19)21)12-22-23-20(26)15-6-5-7-17(11-15)25(27)28/h3-12H,1-2H3,(H,23,26)/b22-12-. The number of hydrogen-bond acceptors (Lipinski definition) is 4. The maximum absolute atomic E-state index is 12.2. The van der Waals surface area contributed by atoms with Gasteiger partial charge in [-0.2, -0.15) is 5.10 Å². The Balaban J connectivity index is 1.79. The zero-order valence-corrected chi connectivity index (χ0v) is 16.0. The molecule has 1 aromatic heterocycles. The van der Waals surface area contributed by atoms with Crippen molar-refractivity contribution in [2.75, 3.05) is 0 Å². The van der Waals surface area contributed by atoms with Crippen LogP contribution in [0.15, 0.2) is 59.7 Å². The van der Waals surface area contributed by atoms with E-state index in [-0.39, 0.29) is 11.3 Å². The Kier molecular flexibility index (Phi) is 5.56. The van der Waals surface area contributed by atoms with Gasteiger partial charge >= 0.3 is 0 Å². The number of hydrogen-bond donors (Lipinski definition) is 1. The Bertz CT molecular complexity index is 1090. The molecule has 1 heterocycles. The number of para-hydroxylation sites is 1. The van der Waals surface area contributed by atoms with E-state index in [9.17, 15) is 14.9 Å². The normalized spacial score (nSPS) is 11.0. The van der Waals surface area contributed by atoms with Gasteiger partial charge in [-0.1, -0.05) is 29.8 Å². The number of rotatable bonds is 5. The maximum Gasteiger partial charge on any atom is 0.271 e. The van der Waals surface area contributed by atoms with Crippen LogP contribution in [0.25, 0.3) is 5.69 Å². The Morgan fingerprint density at radius 3 is 2.64 bits per heavy atom. The number of halogens is 1. The van der Waals surface area contributed by atoms with Crippen molar-refractivity contribution in [1.29, 1.82) is 0 Å². The van der Waals surface area contributed by atoms with Crippen molar-refractivity contribution in [3.05, 3.63) is 92.2 Å². The summed E-state index contributed by atoms with van der Waals surface area (Å²) >= 11 is 6.30. The molecule has 2 aromatic carbocycles. The fourth-order valence-electron chi connectivity index (χ4n) is 2.91. The SMILES string of the molecule is Cc1cc(/C=N\NC(=O)c2cccc([N+](=O)[O-])c2)c(C)n1-c1ccccc1Cl. The molecule has 0 radical (unpaired) electrons. The number of nitro groups is 1. The summed E-state index contributed by atoms with van der Waals surface area (Å²) in [6, 6.07) is 14.9. The van der Waals surface area contributed by atoms with Gasteiger partial charge in [0.15, 0.2) is 0 Å². The molecule has 28 heavy (non-hydrogen) atoms. The van der Waals surface area contributed by atoms with Crippen LogP contribution >= 0.6 is 11.6 Å². The van der Waals surface area contributed by atoms with E-state index in [4.69, 9.17) is 11.6 Å². The van der Waals surface area contributed by atoms with Gasteiger partial charge in [0, 0.05) is 34.6 Å². The number of nitro benzene ring substituents is 1. The van der Waals surface area contributed by atoms with Gasteiger partial charge in [-0.15, -0.1) is 0 Å². The first-order valence-corrected chi connectivity index (χ1v) is 8.78. The van der Waals surface area contributed by atoms with Crippen LogP contribution in [0, 0.1) is 24.0 Å².